The predicted molar refractivity (Wildman–Crippen MR) is 161 cm³/mol. The fourth-order valence-electron chi connectivity index (χ4n) is 4.87. The van der Waals surface area contributed by atoms with Gasteiger partial charge in [-0.15, -0.1) is 11.8 Å². The standard InChI is InChI=1S/C31H53N3O3S/c1-5-34(6-2)22-15-13-11-9-7-8-10-12-14-16-24-38-30-21-17-19-27(26-36)28(30)25-33(4)29(20-18-23-35)31(37)32-3/h17,19,21,23,26,29H,5-16,18,20,22,24-25H2,1-4H3,(H,32,37). The number of amides is 1. The first-order chi connectivity index (χ1) is 18.5. The molecule has 38 heavy (non-hydrogen) atoms. The third-order valence-corrected chi connectivity index (χ3v) is 8.55. The third kappa shape index (κ3) is 13.9. The van der Waals surface area contributed by atoms with Crippen LogP contribution < -0.4 is 5.32 Å². The number of likely N-dealkylation sites (N-methyl/N-ethyl adjacent to an activating group) is 2. The number of hydrogen-bond acceptors (Lipinski definition) is 6. The van der Waals surface area contributed by atoms with Crippen LogP contribution in [0, 0.1) is 0 Å². The SMILES string of the molecule is CCN(CC)CCCCCCCCCCCCSc1cccc(C=O)c1CN(C)C(CCC=O)C(=O)NC. The lowest BCUT2D eigenvalue weighted by atomic mass is 10.1. The van der Waals surface area contributed by atoms with Gasteiger partial charge in [-0.05, 0) is 63.3 Å². The maximum Gasteiger partial charge on any atom is 0.237 e. The summed E-state index contributed by atoms with van der Waals surface area (Å²) in [5.41, 5.74) is 1.63. The van der Waals surface area contributed by atoms with Gasteiger partial charge in [0.05, 0.1) is 6.04 Å². The van der Waals surface area contributed by atoms with Gasteiger partial charge < -0.3 is 15.0 Å². The number of carbonyl (C=O) groups is 3. The predicted octanol–water partition coefficient (Wildman–Crippen LogP) is 6.36. The van der Waals surface area contributed by atoms with Crippen molar-refractivity contribution in [3.63, 3.8) is 0 Å². The van der Waals surface area contributed by atoms with E-state index in [-0.39, 0.29) is 5.91 Å². The molecule has 0 heterocycles. The van der Waals surface area contributed by atoms with Gasteiger partial charge >= 0.3 is 0 Å². The van der Waals surface area contributed by atoms with Gasteiger partial charge in [0.25, 0.3) is 0 Å². The third-order valence-electron chi connectivity index (χ3n) is 7.36. The first kappa shape index (κ1) is 34.3. The molecule has 1 aromatic carbocycles. The lowest BCUT2D eigenvalue weighted by Gasteiger charge is -2.27. The number of hydrogen-bond donors (Lipinski definition) is 1. The molecular formula is C31H53N3O3S. The Kier molecular flexibility index (Phi) is 20.0. The van der Waals surface area contributed by atoms with Crippen LogP contribution in [-0.2, 0) is 16.1 Å². The molecule has 216 valence electrons. The minimum atomic E-state index is -0.407. The van der Waals surface area contributed by atoms with Crippen LogP contribution in [0.4, 0.5) is 0 Å². The number of carbonyl (C=O) groups excluding carboxylic acids is 3. The highest BCUT2D eigenvalue weighted by Gasteiger charge is 2.23. The molecule has 0 aliphatic rings. The van der Waals surface area contributed by atoms with E-state index in [1.807, 2.05) is 24.1 Å². The Bertz CT molecular complexity index is 786. The van der Waals surface area contributed by atoms with Crippen molar-refractivity contribution in [3.05, 3.63) is 29.3 Å². The molecule has 1 rings (SSSR count). The van der Waals surface area contributed by atoms with Crippen LogP contribution in [-0.4, -0.2) is 73.8 Å². The molecule has 0 radical (unpaired) electrons. The maximum absolute atomic E-state index is 12.4. The summed E-state index contributed by atoms with van der Waals surface area (Å²) in [6.07, 6.45) is 15.7. The van der Waals surface area contributed by atoms with Crippen molar-refractivity contribution in [2.24, 2.45) is 0 Å². The molecule has 0 aromatic heterocycles. The van der Waals surface area contributed by atoms with Crippen LogP contribution >= 0.6 is 11.8 Å². The highest BCUT2D eigenvalue weighted by molar-refractivity contribution is 7.99. The average molecular weight is 548 g/mol. The largest absolute Gasteiger partial charge is 0.358 e. The Morgan fingerprint density at radius 1 is 0.947 bits per heavy atom. The Hall–Kier alpha value is -1.70. The van der Waals surface area contributed by atoms with Gasteiger partial charge in [-0.25, -0.2) is 0 Å². The molecule has 1 aromatic rings. The first-order valence-corrected chi connectivity index (χ1v) is 15.8. The topological polar surface area (TPSA) is 69.7 Å². The van der Waals surface area contributed by atoms with E-state index in [4.69, 9.17) is 0 Å². The van der Waals surface area contributed by atoms with E-state index < -0.39 is 6.04 Å². The molecule has 0 saturated heterocycles. The number of rotatable bonds is 24. The van der Waals surface area contributed by atoms with E-state index in [1.165, 1.54) is 77.4 Å². The lowest BCUT2D eigenvalue weighted by Crippen LogP contribution is -2.43. The van der Waals surface area contributed by atoms with Crippen LogP contribution in [0.3, 0.4) is 0 Å². The van der Waals surface area contributed by atoms with E-state index >= 15 is 0 Å². The summed E-state index contributed by atoms with van der Waals surface area (Å²) in [5.74, 6) is 0.915. The van der Waals surface area contributed by atoms with Gasteiger partial charge in [-0.3, -0.25) is 14.5 Å². The van der Waals surface area contributed by atoms with Crippen molar-refractivity contribution < 1.29 is 14.4 Å². The van der Waals surface area contributed by atoms with Gasteiger partial charge in [-0.2, -0.15) is 0 Å². The molecule has 1 atom stereocenters. The van der Waals surface area contributed by atoms with E-state index in [2.05, 4.69) is 30.1 Å². The number of nitrogens with zero attached hydrogens (tertiary/aromatic N) is 2. The smallest absolute Gasteiger partial charge is 0.237 e. The van der Waals surface area contributed by atoms with E-state index in [9.17, 15) is 14.4 Å². The lowest BCUT2D eigenvalue weighted by molar-refractivity contribution is -0.126. The van der Waals surface area contributed by atoms with Crippen LogP contribution in [0.25, 0.3) is 0 Å². The zero-order valence-electron chi connectivity index (χ0n) is 24.5. The highest BCUT2D eigenvalue weighted by Crippen LogP contribution is 2.28. The summed E-state index contributed by atoms with van der Waals surface area (Å²) in [5, 5.41) is 2.70. The Morgan fingerprint density at radius 3 is 2.11 bits per heavy atom. The molecule has 0 fully saturated rings. The molecule has 1 N–H and O–H groups in total. The number of aldehydes is 2. The van der Waals surface area contributed by atoms with E-state index in [0.29, 0.717) is 24.9 Å². The quantitative estimate of drug-likeness (QED) is 0.0923. The molecular weight excluding hydrogens is 494 g/mol. The molecule has 1 amide bonds. The van der Waals surface area contributed by atoms with Gasteiger partial charge in [-0.1, -0.05) is 77.3 Å². The second kappa shape index (κ2) is 22.2. The van der Waals surface area contributed by atoms with Gasteiger partial charge in [0.15, 0.2) is 0 Å². The minimum Gasteiger partial charge on any atom is -0.358 e. The highest BCUT2D eigenvalue weighted by atomic mass is 32.2. The fraction of sp³-hybridized carbons (Fsp3) is 0.710. The molecule has 7 heteroatoms. The summed E-state index contributed by atoms with van der Waals surface area (Å²) >= 11 is 1.80. The average Bonchev–Trinajstić information content (AvgIpc) is 2.93. The van der Waals surface area contributed by atoms with Crippen LogP contribution in [0.5, 0.6) is 0 Å². The Morgan fingerprint density at radius 2 is 1.55 bits per heavy atom. The second-order valence-electron chi connectivity index (χ2n) is 10.1. The minimum absolute atomic E-state index is 0.109. The van der Waals surface area contributed by atoms with Crippen molar-refractivity contribution in [2.45, 2.75) is 108 Å². The monoisotopic (exact) mass is 547 g/mol. The van der Waals surface area contributed by atoms with Crippen molar-refractivity contribution in [2.75, 3.05) is 39.5 Å². The second-order valence-corrected chi connectivity index (χ2v) is 11.3. The molecule has 0 aliphatic heterocycles. The fourth-order valence-corrected chi connectivity index (χ4v) is 5.97. The van der Waals surface area contributed by atoms with Gasteiger partial charge in [0.2, 0.25) is 5.91 Å². The number of unbranched alkanes of at least 4 members (excludes halogenated alkanes) is 9. The van der Waals surface area contributed by atoms with Crippen molar-refractivity contribution >= 4 is 30.2 Å². The molecule has 0 spiro atoms. The molecule has 0 bridgehead atoms. The van der Waals surface area contributed by atoms with E-state index in [1.54, 1.807) is 18.8 Å². The van der Waals surface area contributed by atoms with E-state index in [0.717, 1.165) is 35.2 Å². The van der Waals surface area contributed by atoms with Crippen molar-refractivity contribution in [3.8, 4) is 0 Å². The molecule has 0 saturated carbocycles. The molecule has 0 aliphatic carbocycles. The van der Waals surface area contributed by atoms with Crippen molar-refractivity contribution in [1.29, 1.82) is 0 Å². The maximum atomic E-state index is 12.4. The summed E-state index contributed by atoms with van der Waals surface area (Å²) < 4.78 is 0. The first-order valence-electron chi connectivity index (χ1n) is 14.8. The van der Waals surface area contributed by atoms with Crippen molar-refractivity contribution in [1.82, 2.24) is 15.1 Å². The van der Waals surface area contributed by atoms with Crippen LogP contribution in [0.1, 0.15) is 107 Å². The summed E-state index contributed by atoms with van der Waals surface area (Å²) in [6.45, 7) is 8.57. The molecule has 1 unspecified atom stereocenters. The van der Waals surface area contributed by atoms with Crippen LogP contribution in [0.15, 0.2) is 23.1 Å². The number of nitrogens with one attached hydrogen (secondary N) is 1. The Balaban J connectivity index is 2.36. The number of thioether (sulfide) groups is 1. The summed E-state index contributed by atoms with van der Waals surface area (Å²) in [6, 6.07) is 5.44. The van der Waals surface area contributed by atoms with Gasteiger partial charge in [0, 0.05) is 30.5 Å². The summed E-state index contributed by atoms with van der Waals surface area (Å²) in [4.78, 5) is 40.6. The van der Waals surface area contributed by atoms with Crippen LogP contribution in [0.2, 0.25) is 0 Å². The zero-order chi connectivity index (χ0) is 28.0. The Labute approximate surface area is 236 Å². The zero-order valence-corrected chi connectivity index (χ0v) is 25.3. The summed E-state index contributed by atoms with van der Waals surface area (Å²) in [7, 11) is 3.49. The molecule has 6 nitrogen and oxygen atoms in total. The van der Waals surface area contributed by atoms with Gasteiger partial charge in [0.1, 0.15) is 12.6 Å². The number of benzene rings is 1. The normalized spacial score (nSPS) is 12.2.